The van der Waals surface area contributed by atoms with E-state index in [4.69, 9.17) is 15.2 Å². The Morgan fingerprint density at radius 3 is 2.54 bits per heavy atom. The Balaban J connectivity index is 2.12. The van der Waals surface area contributed by atoms with Crippen LogP contribution in [0, 0.1) is 0 Å². The number of rotatable bonds is 6. The minimum absolute atomic E-state index is 0.0912. The van der Waals surface area contributed by atoms with E-state index in [1.165, 1.54) is 20.4 Å². The largest absolute Gasteiger partial charge is 0.495 e. The lowest BCUT2D eigenvalue weighted by atomic mass is 10.1. The van der Waals surface area contributed by atoms with Crippen LogP contribution in [0.4, 0.5) is 16.3 Å². The van der Waals surface area contributed by atoms with Crippen molar-refractivity contribution in [2.24, 2.45) is 5.73 Å². The number of ether oxygens (including phenoxy) is 2. The molecule has 24 heavy (non-hydrogen) atoms. The SMILES string of the molecule is COc1cc(CC(N)=O)ccc1NC(=O)Nc1ncccc1OC. The third-order valence-electron chi connectivity index (χ3n) is 3.12. The number of carbonyl (C=O) groups excluding carboxylic acids is 2. The maximum atomic E-state index is 12.1. The van der Waals surface area contributed by atoms with Gasteiger partial charge in [-0.25, -0.2) is 9.78 Å². The number of primary amides is 1. The van der Waals surface area contributed by atoms with Crippen LogP contribution in [0.15, 0.2) is 36.5 Å². The number of nitrogens with one attached hydrogen (secondary N) is 2. The summed E-state index contributed by atoms with van der Waals surface area (Å²) in [5, 5.41) is 5.25. The Labute approximate surface area is 139 Å². The number of anilines is 2. The summed E-state index contributed by atoms with van der Waals surface area (Å²) in [6.07, 6.45) is 1.63. The average Bonchev–Trinajstić information content (AvgIpc) is 2.56. The molecule has 1 aromatic heterocycles. The topological polar surface area (TPSA) is 116 Å². The number of aromatic nitrogens is 1. The van der Waals surface area contributed by atoms with Crippen LogP contribution in [0.1, 0.15) is 5.56 Å². The second kappa shape index (κ2) is 7.82. The zero-order chi connectivity index (χ0) is 17.5. The molecule has 1 aromatic carbocycles. The molecule has 126 valence electrons. The number of benzene rings is 1. The van der Waals surface area contributed by atoms with Crippen LogP contribution >= 0.6 is 0 Å². The molecule has 1 heterocycles. The molecule has 0 saturated carbocycles. The first kappa shape index (κ1) is 17.1. The average molecular weight is 330 g/mol. The van der Waals surface area contributed by atoms with E-state index in [9.17, 15) is 9.59 Å². The van der Waals surface area contributed by atoms with Gasteiger partial charge in [0.25, 0.3) is 0 Å². The maximum Gasteiger partial charge on any atom is 0.325 e. The highest BCUT2D eigenvalue weighted by molar-refractivity contribution is 6.00. The maximum absolute atomic E-state index is 12.1. The number of hydrogen-bond acceptors (Lipinski definition) is 5. The van der Waals surface area contributed by atoms with E-state index in [1.54, 1.807) is 30.3 Å². The molecule has 0 aliphatic rings. The van der Waals surface area contributed by atoms with Gasteiger partial charge in [0.15, 0.2) is 11.6 Å². The summed E-state index contributed by atoms with van der Waals surface area (Å²) in [4.78, 5) is 27.2. The van der Waals surface area contributed by atoms with Crippen LogP contribution in [-0.4, -0.2) is 31.1 Å². The van der Waals surface area contributed by atoms with Crippen LogP contribution in [-0.2, 0) is 11.2 Å². The van der Waals surface area contributed by atoms with E-state index in [1.807, 2.05) is 0 Å². The Morgan fingerprint density at radius 1 is 1.12 bits per heavy atom. The summed E-state index contributed by atoms with van der Waals surface area (Å²) in [6, 6.07) is 7.83. The number of nitrogens with two attached hydrogens (primary N) is 1. The molecule has 0 aliphatic carbocycles. The fourth-order valence-electron chi connectivity index (χ4n) is 2.06. The Kier molecular flexibility index (Phi) is 5.56. The fourth-order valence-corrected chi connectivity index (χ4v) is 2.06. The van der Waals surface area contributed by atoms with Gasteiger partial charge in [-0.05, 0) is 29.8 Å². The molecule has 2 aromatic rings. The quantitative estimate of drug-likeness (QED) is 0.746. The minimum atomic E-state index is -0.507. The smallest absolute Gasteiger partial charge is 0.325 e. The van der Waals surface area contributed by atoms with Crippen molar-refractivity contribution in [3.8, 4) is 11.5 Å². The number of pyridine rings is 1. The van der Waals surface area contributed by atoms with Gasteiger partial charge in [-0.2, -0.15) is 0 Å². The molecule has 0 aliphatic heterocycles. The summed E-state index contributed by atoms with van der Waals surface area (Å²) in [7, 11) is 2.95. The van der Waals surface area contributed by atoms with E-state index in [2.05, 4.69) is 15.6 Å². The molecule has 3 amide bonds. The molecule has 0 saturated heterocycles. The predicted octanol–water partition coefficient (Wildman–Crippen LogP) is 1.77. The standard InChI is InChI=1S/C16H18N4O4/c1-23-12-4-3-7-18-15(12)20-16(22)19-11-6-5-10(9-14(17)21)8-13(11)24-2/h3-8H,9H2,1-2H3,(H2,17,21)(H2,18,19,20,22). The molecular formula is C16H18N4O4. The minimum Gasteiger partial charge on any atom is -0.495 e. The summed E-state index contributed by atoms with van der Waals surface area (Å²) in [6.45, 7) is 0. The van der Waals surface area contributed by atoms with E-state index >= 15 is 0 Å². The zero-order valence-electron chi connectivity index (χ0n) is 13.3. The molecular weight excluding hydrogens is 312 g/mol. The van der Waals surface area contributed by atoms with Crippen LogP contribution in [0.5, 0.6) is 11.5 Å². The van der Waals surface area contributed by atoms with E-state index < -0.39 is 11.9 Å². The van der Waals surface area contributed by atoms with Crippen LogP contribution in [0.25, 0.3) is 0 Å². The molecule has 0 bridgehead atoms. The summed E-state index contributed by atoms with van der Waals surface area (Å²) in [5.74, 6) is 0.702. The molecule has 2 rings (SSSR count). The third kappa shape index (κ3) is 4.35. The highest BCUT2D eigenvalue weighted by atomic mass is 16.5. The monoisotopic (exact) mass is 330 g/mol. The predicted molar refractivity (Wildman–Crippen MR) is 89.3 cm³/mol. The van der Waals surface area contributed by atoms with Crippen molar-refractivity contribution >= 4 is 23.4 Å². The van der Waals surface area contributed by atoms with E-state index in [-0.39, 0.29) is 6.42 Å². The van der Waals surface area contributed by atoms with E-state index in [0.717, 1.165) is 0 Å². The summed E-state index contributed by atoms with van der Waals surface area (Å²) < 4.78 is 10.3. The highest BCUT2D eigenvalue weighted by Gasteiger charge is 2.12. The third-order valence-corrected chi connectivity index (χ3v) is 3.12. The molecule has 4 N–H and O–H groups in total. The second-order valence-corrected chi connectivity index (χ2v) is 4.81. The van der Waals surface area contributed by atoms with Crippen molar-refractivity contribution < 1.29 is 19.1 Å². The summed E-state index contributed by atoms with van der Waals surface area (Å²) in [5.41, 5.74) is 6.30. The Morgan fingerprint density at radius 2 is 1.88 bits per heavy atom. The number of nitrogens with zero attached hydrogens (tertiary/aromatic N) is 1. The molecule has 8 heteroatoms. The van der Waals surface area contributed by atoms with Crippen LogP contribution in [0.3, 0.4) is 0 Å². The van der Waals surface area contributed by atoms with Crippen molar-refractivity contribution in [1.29, 1.82) is 0 Å². The van der Waals surface area contributed by atoms with Gasteiger partial charge in [0.2, 0.25) is 5.91 Å². The lowest BCUT2D eigenvalue weighted by Gasteiger charge is -2.13. The van der Waals surface area contributed by atoms with Gasteiger partial charge in [-0.3, -0.25) is 10.1 Å². The highest BCUT2D eigenvalue weighted by Crippen LogP contribution is 2.26. The van der Waals surface area contributed by atoms with Gasteiger partial charge < -0.3 is 20.5 Å². The number of hydrogen-bond donors (Lipinski definition) is 3. The van der Waals surface area contributed by atoms with Gasteiger partial charge in [0.1, 0.15) is 5.75 Å². The lowest BCUT2D eigenvalue weighted by molar-refractivity contribution is -0.117. The molecule has 0 fully saturated rings. The zero-order valence-corrected chi connectivity index (χ0v) is 13.3. The van der Waals surface area contributed by atoms with Crippen molar-refractivity contribution in [2.45, 2.75) is 6.42 Å². The fraction of sp³-hybridized carbons (Fsp3) is 0.188. The van der Waals surface area contributed by atoms with Gasteiger partial charge in [-0.1, -0.05) is 6.07 Å². The lowest BCUT2D eigenvalue weighted by Crippen LogP contribution is -2.21. The van der Waals surface area contributed by atoms with Crippen LogP contribution < -0.4 is 25.8 Å². The first-order chi connectivity index (χ1) is 11.5. The van der Waals surface area contributed by atoms with Gasteiger partial charge in [-0.15, -0.1) is 0 Å². The second-order valence-electron chi connectivity index (χ2n) is 4.81. The molecule has 0 spiro atoms. The van der Waals surface area contributed by atoms with Crippen molar-refractivity contribution in [3.63, 3.8) is 0 Å². The molecule has 0 radical (unpaired) electrons. The molecule has 0 unspecified atom stereocenters. The van der Waals surface area contributed by atoms with Crippen molar-refractivity contribution in [2.75, 3.05) is 24.9 Å². The van der Waals surface area contributed by atoms with Gasteiger partial charge in [0.05, 0.1) is 26.3 Å². The number of carbonyl (C=O) groups is 2. The van der Waals surface area contributed by atoms with Gasteiger partial charge >= 0.3 is 6.03 Å². The molecule has 0 atom stereocenters. The van der Waals surface area contributed by atoms with Crippen LogP contribution in [0.2, 0.25) is 0 Å². The first-order valence-corrected chi connectivity index (χ1v) is 7.05. The summed E-state index contributed by atoms with van der Waals surface area (Å²) >= 11 is 0. The Bertz CT molecular complexity index is 749. The Hall–Kier alpha value is -3.29. The van der Waals surface area contributed by atoms with E-state index in [0.29, 0.717) is 28.6 Å². The number of urea groups is 1. The normalized spacial score (nSPS) is 9.92. The van der Waals surface area contributed by atoms with Gasteiger partial charge in [0, 0.05) is 6.20 Å². The van der Waals surface area contributed by atoms with Crippen molar-refractivity contribution in [1.82, 2.24) is 4.98 Å². The van der Waals surface area contributed by atoms with Crippen molar-refractivity contribution in [3.05, 3.63) is 42.1 Å². The number of methoxy groups -OCH3 is 2. The molecule has 8 nitrogen and oxygen atoms in total. The number of amides is 3. The first-order valence-electron chi connectivity index (χ1n) is 7.05.